The van der Waals surface area contributed by atoms with Gasteiger partial charge in [-0.3, -0.25) is 9.98 Å². The molecule has 1 aliphatic heterocycles. The van der Waals surface area contributed by atoms with Crippen LogP contribution in [0.2, 0.25) is 0 Å². The average Bonchev–Trinajstić information content (AvgIpc) is 3.36. The molecule has 1 aliphatic rings. The number of aliphatic imine (C=N–C) groups is 1. The van der Waals surface area contributed by atoms with Crippen LogP contribution in [0, 0.1) is 0 Å². The lowest BCUT2D eigenvalue weighted by Gasteiger charge is -2.13. The number of hydrogen-bond acceptors (Lipinski definition) is 2. The molecule has 4 aromatic rings. The first-order valence-electron chi connectivity index (χ1n) is 10.9. The van der Waals surface area contributed by atoms with Gasteiger partial charge in [-0.2, -0.15) is 0 Å². The first-order chi connectivity index (χ1) is 15.8. The molecular formula is C30H24N2. The summed E-state index contributed by atoms with van der Waals surface area (Å²) in [5.74, 6) is 0. The van der Waals surface area contributed by atoms with E-state index in [0.29, 0.717) is 0 Å². The maximum Gasteiger partial charge on any atom is 0.0945 e. The molecule has 0 spiro atoms. The molecule has 0 amide bonds. The van der Waals surface area contributed by atoms with Crippen LogP contribution in [0.1, 0.15) is 35.2 Å². The fourth-order valence-corrected chi connectivity index (χ4v) is 4.18. The normalized spacial score (nSPS) is 15.6. The van der Waals surface area contributed by atoms with Gasteiger partial charge in [-0.25, -0.2) is 0 Å². The summed E-state index contributed by atoms with van der Waals surface area (Å²) in [4.78, 5) is 9.38. The Labute approximate surface area is 189 Å². The van der Waals surface area contributed by atoms with Crippen molar-refractivity contribution in [2.45, 2.75) is 13.0 Å². The largest absolute Gasteiger partial charge is 0.280 e. The molecule has 0 fully saturated rings. The summed E-state index contributed by atoms with van der Waals surface area (Å²) in [5.41, 5.74) is 9.30. The van der Waals surface area contributed by atoms with Gasteiger partial charge in [-0.05, 0) is 58.5 Å². The van der Waals surface area contributed by atoms with Gasteiger partial charge in [0.1, 0.15) is 0 Å². The van der Waals surface area contributed by atoms with Crippen molar-refractivity contribution in [3.8, 4) is 11.3 Å². The zero-order valence-corrected chi connectivity index (χ0v) is 18.0. The van der Waals surface area contributed by atoms with Gasteiger partial charge >= 0.3 is 0 Å². The van der Waals surface area contributed by atoms with Crippen molar-refractivity contribution >= 4 is 23.4 Å². The summed E-state index contributed by atoms with van der Waals surface area (Å²) in [7, 11) is 0. The van der Waals surface area contributed by atoms with E-state index in [4.69, 9.17) is 4.99 Å². The topological polar surface area (TPSA) is 25.2 Å². The van der Waals surface area contributed by atoms with E-state index >= 15 is 0 Å². The second-order valence-corrected chi connectivity index (χ2v) is 7.93. The Kier molecular flexibility index (Phi) is 5.59. The first-order valence-corrected chi connectivity index (χ1v) is 10.9. The quantitative estimate of drug-likeness (QED) is 0.311. The highest BCUT2D eigenvalue weighted by atomic mass is 14.8. The number of aromatic nitrogens is 1. The molecule has 3 aromatic carbocycles. The van der Waals surface area contributed by atoms with Crippen LogP contribution in [0.15, 0.2) is 114 Å². The molecule has 0 N–H and O–H groups in total. The molecular weight excluding hydrogens is 388 g/mol. The SMILES string of the molecule is C/C(=C/c1ccccc1C1C=C(c2ccccc2)C=N1)c1ccccc1-c1ccccn1. The molecule has 1 atom stereocenters. The molecule has 1 aromatic heterocycles. The highest BCUT2D eigenvalue weighted by Gasteiger charge is 2.17. The van der Waals surface area contributed by atoms with Crippen LogP contribution >= 0.6 is 0 Å². The Balaban J connectivity index is 1.51. The Morgan fingerprint density at radius 3 is 2.38 bits per heavy atom. The Bertz CT molecular complexity index is 1320. The molecule has 5 rings (SSSR count). The number of hydrogen-bond donors (Lipinski definition) is 0. The van der Waals surface area contributed by atoms with Gasteiger partial charge in [0.2, 0.25) is 0 Å². The van der Waals surface area contributed by atoms with E-state index in [-0.39, 0.29) is 6.04 Å². The van der Waals surface area contributed by atoms with Crippen molar-refractivity contribution in [3.05, 3.63) is 132 Å². The van der Waals surface area contributed by atoms with Crippen molar-refractivity contribution < 1.29 is 0 Å². The van der Waals surface area contributed by atoms with Gasteiger partial charge in [0.05, 0.1) is 11.7 Å². The van der Waals surface area contributed by atoms with Gasteiger partial charge in [0.15, 0.2) is 0 Å². The third-order valence-electron chi connectivity index (χ3n) is 5.80. The van der Waals surface area contributed by atoms with Gasteiger partial charge in [0.25, 0.3) is 0 Å². The number of rotatable bonds is 5. The average molecular weight is 413 g/mol. The molecule has 2 heterocycles. The smallest absolute Gasteiger partial charge is 0.0945 e. The summed E-state index contributed by atoms with van der Waals surface area (Å²) in [6.45, 7) is 2.17. The van der Waals surface area contributed by atoms with Crippen LogP contribution in [0.3, 0.4) is 0 Å². The highest BCUT2D eigenvalue weighted by Crippen LogP contribution is 2.34. The van der Waals surface area contributed by atoms with E-state index in [1.165, 1.54) is 33.4 Å². The summed E-state index contributed by atoms with van der Waals surface area (Å²) >= 11 is 0. The van der Waals surface area contributed by atoms with E-state index in [0.717, 1.165) is 11.3 Å². The van der Waals surface area contributed by atoms with Crippen molar-refractivity contribution in [1.82, 2.24) is 4.98 Å². The number of allylic oxidation sites excluding steroid dienone is 2. The van der Waals surface area contributed by atoms with Crippen molar-refractivity contribution in [2.24, 2.45) is 4.99 Å². The molecule has 0 saturated carbocycles. The fraction of sp³-hybridized carbons (Fsp3) is 0.0667. The fourth-order valence-electron chi connectivity index (χ4n) is 4.18. The number of benzene rings is 3. The standard InChI is InChI=1S/C30H24N2/c1-22(26-14-7-8-16-28(26)29-17-9-10-18-31-29)19-24-13-5-6-15-27(24)30-20-25(21-32-30)23-11-3-2-4-12-23/h2-21,30H,1H3/b22-19-. The van der Waals surface area contributed by atoms with Crippen molar-refractivity contribution in [3.63, 3.8) is 0 Å². The van der Waals surface area contributed by atoms with Crippen LogP contribution < -0.4 is 0 Å². The van der Waals surface area contributed by atoms with Gasteiger partial charge in [-0.1, -0.05) is 91.0 Å². The highest BCUT2D eigenvalue weighted by molar-refractivity contribution is 6.12. The molecule has 2 heteroatoms. The van der Waals surface area contributed by atoms with E-state index in [1.807, 2.05) is 30.6 Å². The minimum atomic E-state index is 0.0245. The minimum absolute atomic E-state index is 0.0245. The first kappa shape index (κ1) is 19.9. The van der Waals surface area contributed by atoms with E-state index in [1.54, 1.807) is 0 Å². The third-order valence-corrected chi connectivity index (χ3v) is 5.80. The summed E-state index contributed by atoms with van der Waals surface area (Å²) < 4.78 is 0. The third kappa shape index (κ3) is 4.08. The maximum absolute atomic E-state index is 4.81. The maximum atomic E-state index is 4.81. The molecule has 1 unspecified atom stereocenters. The molecule has 0 saturated heterocycles. The van der Waals surface area contributed by atoms with Crippen molar-refractivity contribution in [2.75, 3.05) is 0 Å². The van der Waals surface area contributed by atoms with Gasteiger partial charge in [0, 0.05) is 18.0 Å². The van der Waals surface area contributed by atoms with Crippen LogP contribution in [-0.4, -0.2) is 11.2 Å². The van der Waals surface area contributed by atoms with E-state index < -0.39 is 0 Å². The molecule has 0 radical (unpaired) electrons. The summed E-state index contributed by atoms with van der Waals surface area (Å²) in [6, 6.07) is 33.5. The number of nitrogens with zero attached hydrogens (tertiary/aromatic N) is 2. The minimum Gasteiger partial charge on any atom is -0.280 e. The van der Waals surface area contributed by atoms with Crippen molar-refractivity contribution in [1.29, 1.82) is 0 Å². The lowest BCUT2D eigenvalue weighted by Crippen LogP contribution is -1.94. The molecule has 0 bridgehead atoms. The zero-order chi connectivity index (χ0) is 21.8. The predicted molar refractivity (Wildman–Crippen MR) is 135 cm³/mol. The predicted octanol–water partition coefficient (Wildman–Crippen LogP) is 7.52. The molecule has 2 nitrogen and oxygen atoms in total. The van der Waals surface area contributed by atoms with Crippen LogP contribution in [0.4, 0.5) is 0 Å². The molecule has 0 aliphatic carbocycles. The monoisotopic (exact) mass is 412 g/mol. The van der Waals surface area contributed by atoms with Gasteiger partial charge < -0.3 is 0 Å². The number of pyridine rings is 1. The van der Waals surface area contributed by atoms with Crippen LogP contribution in [0.25, 0.3) is 28.5 Å². The summed E-state index contributed by atoms with van der Waals surface area (Å²) in [5, 5.41) is 0. The van der Waals surface area contributed by atoms with E-state index in [2.05, 4.69) is 103 Å². The second-order valence-electron chi connectivity index (χ2n) is 7.93. The summed E-state index contributed by atoms with van der Waals surface area (Å²) in [6.07, 6.45) is 8.35. The second kappa shape index (κ2) is 8.99. The van der Waals surface area contributed by atoms with Crippen LogP contribution in [0.5, 0.6) is 0 Å². The molecule has 32 heavy (non-hydrogen) atoms. The lowest BCUT2D eigenvalue weighted by atomic mass is 9.93. The molecule has 154 valence electrons. The Morgan fingerprint density at radius 1 is 0.781 bits per heavy atom. The van der Waals surface area contributed by atoms with Gasteiger partial charge in [-0.15, -0.1) is 0 Å². The van der Waals surface area contributed by atoms with Crippen LogP contribution in [-0.2, 0) is 0 Å². The Morgan fingerprint density at radius 2 is 1.53 bits per heavy atom. The zero-order valence-electron chi connectivity index (χ0n) is 18.0. The Hall–Kier alpha value is -4.04. The lowest BCUT2D eigenvalue weighted by molar-refractivity contribution is 0.933. The van der Waals surface area contributed by atoms with E-state index in [9.17, 15) is 0 Å².